The number of anilines is 1. The van der Waals surface area contributed by atoms with E-state index in [1.807, 2.05) is 45.0 Å². The Bertz CT molecular complexity index is 1500. The van der Waals surface area contributed by atoms with Crippen LogP contribution in [-0.4, -0.2) is 58.0 Å². The zero-order valence-electron chi connectivity index (χ0n) is 24.8. The van der Waals surface area contributed by atoms with E-state index in [0.29, 0.717) is 10.8 Å². The molecule has 0 aromatic heterocycles. The smallest absolute Gasteiger partial charge is 0.264 e. The molecule has 0 radical (unpaired) electrons. The summed E-state index contributed by atoms with van der Waals surface area (Å²) in [6.45, 7) is 6.95. The Morgan fingerprint density at radius 2 is 1.60 bits per heavy atom. The van der Waals surface area contributed by atoms with E-state index >= 15 is 0 Å². The lowest BCUT2D eigenvalue weighted by atomic mass is 10.1. The van der Waals surface area contributed by atoms with E-state index in [4.69, 9.17) is 21.1 Å². The molecule has 0 spiro atoms. The maximum absolute atomic E-state index is 14.1. The highest BCUT2D eigenvalue weighted by Gasteiger charge is 2.33. The van der Waals surface area contributed by atoms with Gasteiger partial charge in [0.1, 0.15) is 12.6 Å². The van der Waals surface area contributed by atoms with Crippen LogP contribution in [0.3, 0.4) is 0 Å². The zero-order valence-corrected chi connectivity index (χ0v) is 26.3. The molecule has 11 heteroatoms. The van der Waals surface area contributed by atoms with Gasteiger partial charge in [-0.1, -0.05) is 42.8 Å². The summed E-state index contributed by atoms with van der Waals surface area (Å²) >= 11 is 6.09. The van der Waals surface area contributed by atoms with E-state index in [1.54, 1.807) is 19.1 Å². The van der Waals surface area contributed by atoms with Gasteiger partial charge in [0.2, 0.25) is 11.8 Å². The normalized spacial score (nSPS) is 12.6. The highest BCUT2D eigenvalue weighted by Crippen LogP contribution is 2.32. The molecule has 2 amide bonds. The monoisotopic (exact) mass is 615 g/mol. The van der Waals surface area contributed by atoms with Gasteiger partial charge in [0.15, 0.2) is 11.5 Å². The van der Waals surface area contributed by atoms with Gasteiger partial charge in [0.05, 0.1) is 24.8 Å². The number of nitrogens with one attached hydrogen (secondary N) is 1. The first kappa shape index (κ1) is 32.8. The van der Waals surface area contributed by atoms with Gasteiger partial charge in [-0.05, 0) is 74.7 Å². The standard InChI is InChI=1S/C31H38ClN3O6S/c1-7-22(3)33-31(37)23(4)34(19-24-11-9-8-10-21(24)2)30(36)20-35(26-14-12-25(32)13-15-26)42(38,39)27-16-17-28(40-5)29(18-27)41-6/h8-18,22-23H,7,19-20H2,1-6H3,(H,33,37). The summed E-state index contributed by atoms with van der Waals surface area (Å²) < 4.78 is 39.8. The minimum absolute atomic E-state index is 0.0913. The number of carbonyl (C=O) groups is 2. The number of rotatable bonds is 13. The number of nitrogens with zero attached hydrogens (tertiary/aromatic N) is 2. The molecule has 0 aliphatic heterocycles. The zero-order chi connectivity index (χ0) is 31.0. The number of halogens is 1. The number of aryl methyl sites for hydroxylation is 1. The lowest BCUT2D eigenvalue weighted by molar-refractivity contribution is -0.139. The molecule has 42 heavy (non-hydrogen) atoms. The number of carbonyl (C=O) groups excluding carboxylic acids is 2. The summed E-state index contributed by atoms with van der Waals surface area (Å²) in [6.07, 6.45) is 0.720. The minimum Gasteiger partial charge on any atom is -0.493 e. The molecule has 0 bridgehead atoms. The van der Waals surface area contributed by atoms with Crippen LogP contribution in [0, 0.1) is 6.92 Å². The maximum atomic E-state index is 14.1. The Balaban J connectivity index is 2.07. The Morgan fingerprint density at radius 3 is 2.19 bits per heavy atom. The Hall–Kier alpha value is -3.76. The third kappa shape index (κ3) is 7.74. The second-order valence-corrected chi connectivity index (χ2v) is 12.2. The van der Waals surface area contributed by atoms with Crippen molar-refractivity contribution in [3.05, 3.63) is 82.9 Å². The summed E-state index contributed by atoms with van der Waals surface area (Å²) in [6, 6.07) is 16.9. The number of sulfonamides is 1. The van der Waals surface area contributed by atoms with Crippen LogP contribution in [0.25, 0.3) is 0 Å². The van der Waals surface area contributed by atoms with Crippen molar-refractivity contribution in [1.29, 1.82) is 0 Å². The van der Waals surface area contributed by atoms with Crippen LogP contribution in [0.4, 0.5) is 5.69 Å². The number of methoxy groups -OCH3 is 2. The van der Waals surface area contributed by atoms with Gasteiger partial charge >= 0.3 is 0 Å². The van der Waals surface area contributed by atoms with Crippen LogP contribution in [0.15, 0.2) is 71.6 Å². The summed E-state index contributed by atoms with van der Waals surface area (Å²) in [5.41, 5.74) is 2.02. The van der Waals surface area contributed by atoms with Crippen LogP contribution in [0.1, 0.15) is 38.3 Å². The van der Waals surface area contributed by atoms with Crippen LogP contribution in [0.2, 0.25) is 5.02 Å². The van der Waals surface area contributed by atoms with Gasteiger partial charge in [0.25, 0.3) is 10.0 Å². The molecule has 3 aromatic rings. The Labute approximate surface area is 253 Å². The predicted molar refractivity (Wildman–Crippen MR) is 165 cm³/mol. The quantitative estimate of drug-likeness (QED) is 0.284. The average molecular weight is 616 g/mol. The molecule has 0 fully saturated rings. The molecule has 1 N–H and O–H groups in total. The molecule has 2 atom stereocenters. The number of ether oxygens (including phenoxy) is 2. The lowest BCUT2D eigenvalue weighted by Crippen LogP contribution is -2.52. The van der Waals surface area contributed by atoms with Crippen molar-refractivity contribution in [3.8, 4) is 11.5 Å². The van der Waals surface area contributed by atoms with Crippen molar-refractivity contribution < 1.29 is 27.5 Å². The van der Waals surface area contributed by atoms with Gasteiger partial charge < -0.3 is 19.7 Å². The van der Waals surface area contributed by atoms with E-state index in [-0.39, 0.29) is 34.8 Å². The predicted octanol–water partition coefficient (Wildman–Crippen LogP) is 5.19. The topological polar surface area (TPSA) is 105 Å². The highest BCUT2D eigenvalue weighted by molar-refractivity contribution is 7.92. The summed E-state index contributed by atoms with van der Waals surface area (Å²) in [5.74, 6) is -0.301. The van der Waals surface area contributed by atoms with E-state index in [9.17, 15) is 18.0 Å². The van der Waals surface area contributed by atoms with Crippen molar-refractivity contribution in [2.45, 2.75) is 57.6 Å². The summed E-state index contributed by atoms with van der Waals surface area (Å²) in [4.78, 5) is 28.6. The average Bonchev–Trinajstić information content (AvgIpc) is 2.98. The number of amides is 2. The van der Waals surface area contributed by atoms with Crippen LogP contribution in [-0.2, 0) is 26.2 Å². The second-order valence-electron chi connectivity index (χ2n) is 9.95. The molecule has 0 saturated heterocycles. The molecule has 3 rings (SSSR count). The first-order chi connectivity index (χ1) is 19.9. The van der Waals surface area contributed by atoms with Crippen LogP contribution < -0.4 is 19.1 Å². The number of hydrogen-bond acceptors (Lipinski definition) is 6. The summed E-state index contributed by atoms with van der Waals surface area (Å²) in [7, 11) is -1.44. The van der Waals surface area contributed by atoms with Gasteiger partial charge in [-0.3, -0.25) is 13.9 Å². The SMILES string of the molecule is CCC(C)NC(=O)C(C)N(Cc1ccccc1C)C(=O)CN(c1ccc(Cl)cc1)S(=O)(=O)c1ccc(OC)c(OC)c1. The lowest BCUT2D eigenvalue weighted by Gasteiger charge is -2.32. The molecule has 2 unspecified atom stereocenters. The molecule has 3 aromatic carbocycles. The molecule has 0 heterocycles. The summed E-state index contributed by atoms with van der Waals surface area (Å²) in [5, 5.41) is 3.34. The van der Waals surface area contributed by atoms with Crippen molar-refractivity contribution >= 4 is 39.1 Å². The molecule has 0 saturated carbocycles. The van der Waals surface area contributed by atoms with Gasteiger partial charge in [0, 0.05) is 23.7 Å². The molecular weight excluding hydrogens is 578 g/mol. The maximum Gasteiger partial charge on any atom is 0.264 e. The molecular formula is C31H38ClN3O6S. The van der Waals surface area contributed by atoms with Crippen molar-refractivity contribution in [2.75, 3.05) is 25.1 Å². The van der Waals surface area contributed by atoms with E-state index < -0.39 is 28.5 Å². The molecule has 9 nitrogen and oxygen atoms in total. The third-order valence-electron chi connectivity index (χ3n) is 7.11. The Kier molecular flexibility index (Phi) is 11.2. The Morgan fingerprint density at radius 1 is 0.952 bits per heavy atom. The largest absolute Gasteiger partial charge is 0.493 e. The highest BCUT2D eigenvalue weighted by atomic mass is 35.5. The van der Waals surface area contributed by atoms with Crippen molar-refractivity contribution in [3.63, 3.8) is 0 Å². The fraction of sp³-hybridized carbons (Fsp3) is 0.355. The van der Waals surface area contributed by atoms with Gasteiger partial charge in [-0.25, -0.2) is 8.42 Å². The van der Waals surface area contributed by atoms with Gasteiger partial charge in [-0.15, -0.1) is 0 Å². The number of hydrogen-bond donors (Lipinski definition) is 1. The molecule has 0 aliphatic rings. The second kappa shape index (κ2) is 14.4. The van der Waals surface area contributed by atoms with E-state index in [2.05, 4.69) is 5.32 Å². The first-order valence-electron chi connectivity index (χ1n) is 13.6. The van der Waals surface area contributed by atoms with E-state index in [1.165, 1.54) is 49.5 Å². The first-order valence-corrected chi connectivity index (χ1v) is 15.4. The minimum atomic E-state index is -4.30. The molecule has 226 valence electrons. The number of benzene rings is 3. The van der Waals surface area contributed by atoms with E-state index in [0.717, 1.165) is 21.9 Å². The third-order valence-corrected chi connectivity index (χ3v) is 9.13. The van der Waals surface area contributed by atoms with Crippen LogP contribution in [0.5, 0.6) is 11.5 Å². The fourth-order valence-corrected chi connectivity index (χ4v) is 5.82. The van der Waals surface area contributed by atoms with Crippen molar-refractivity contribution in [1.82, 2.24) is 10.2 Å². The fourth-order valence-electron chi connectivity index (χ4n) is 4.26. The van der Waals surface area contributed by atoms with Crippen LogP contribution >= 0.6 is 11.6 Å². The van der Waals surface area contributed by atoms with Gasteiger partial charge in [-0.2, -0.15) is 0 Å². The van der Waals surface area contributed by atoms with Crippen molar-refractivity contribution in [2.24, 2.45) is 0 Å². The molecule has 0 aliphatic carbocycles.